The van der Waals surface area contributed by atoms with E-state index in [2.05, 4.69) is 10.2 Å². The van der Waals surface area contributed by atoms with Gasteiger partial charge in [-0.05, 0) is 68.4 Å². The first kappa shape index (κ1) is 44.7. The summed E-state index contributed by atoms with van der Waals surface area (Å²) in [7, 11) is 3.18. The maximum Gasteiger partial charge on any atom is 0.418 e. The standard InChI is InChI=1S/C41H54ClF3N8O7/c1-26(38(56)59-25-35(54)48(2)3)49-13-9-29(10-14-49)50-18-20-51(21-19-50)37(55)34(24-27-22-31(41(43,44)45)36(46)32(42)23-27)60-40(58)52-15-11-30(12-16-52)53-17-8-28-6-4-5-7-33(28)47-39(53)57/h4-7,22-23,26,29-30,34H,8-21,24-25,46H2,1-3H3,(H,47,57). The third kappa shape index (κ3) is 10.7. The van der Waals surface area contributed by atoms with Crippen LogP contribution in [0.3, 0.4) is 0 Å². The molecule has 5 amide bonds. The number of alkyl halides is 3. The van der Waals surface area contributed by atoms with Crippen molar-refractivity contribution in [3.8, 4) is 0 Å². The highest BCUT2D eigenvalue weighted by molar-refractivity contribution is 6.33. The van der Waals surface area contributed by atoms with Gasteiger partial charge in [-0.3, -0.25) is 24.2 Å². The number of benzene rings is 2. The maximum atomic E-state index is 14.2. The lowest BCUT2D eigenvalue weighted by molar-refractivity contribution is -0.155. The van der Waals surface area contributed by atoms with E-state index in [1.165, 1.54) is 15.9 Å². The van der Waals surface area contributed by atoms with Crippen molar-refractivity contribution >= 4 is 52.9 Å². The zero-order valence-corrected chi connectivity index (χ0v) is 35.0. The number of nitrogens with one attached hydrogen (secondary N) is 1. The fourth-order valence-corrected chi connectivity index (χ4v) is 8.64. The number of anilines is 2. The molecule has 3 fully saturated rings. The Kier molecular flexibility index (Phi) is 14.4. The molecule has 0 aromatic heterocycles. The number of hydrogen-bond acceptors (Lipinski definition) is 10. The number of carbonyl (C=O) groups excluding carboxylic acids is 5. The number of piperidine rings is 2. The number of likely N-dealkylation sites (tertiary alicyclic amines) is 2. The van der Waals surface area contributed by atoms with Crippen LogP contribution in [-0.4, -0.2) is 163 Å². The number of hydrogen-bond donors (Lipinski definition) is 2. The van der Waals surface area contributed by atoms with Gasteiger partial charge < -0.3 is 40.1 Å². The fourth-order valence-electron chi connectivity index (χ4n) is 8.40. The molecule has 6 rings (SSSR count). The molecule has 4 heterocycles. The summed E-state index contributed by atoms with van der Waals surface area (Å²) >= 11 is 6.14. The minimum absolute atomic E-state index is 0.0346. The molecule has 2 aromatic rings. The molecule has 15 nitrogen and oxygen atoms in total. The summed E-state index contributed by atoms with van der Waals surface area (Å²) in [6, 6.07) is 9.07. The summed E-state index contributed by atoms with van der Waals surface area (Å²) in [5, 5.41) is 2.65. The number of nitrogens with zero attached hydrogens (tertiary/aromatic N) is 6. The molecule has 0 radical (unpaired) electrons. The van der Waals surface area contributed by atoms with Gasteiger partial charge in [0, 0.05) is 97.2 Å². The number of likely N-dealkylation sites (N-methyl/N-ethyl adjacent to an activating group) is 1. The van der Waals surface area contributed by atoms with E-state index < -0.39 is 47.5 Å². The highest BCUT2D eigenvalue weighted by Crippen LogP contribution is 2.38. The number of fused-ring (bicyclic) bond motifs is 1. The Morgan fingerprint density at radius 3 is 2.22 bits per heavy atom. The smallest absolute Gasteiger partial charge is 0.418 e. The molecule has 0 aliphatic carbocycles. The molecule has 60 heavy (non-hydrogen) atoms. The van der Waals surface area contributed by atoms with Crippen molar-refractivity contribution in [2.45, 2.75) is 75.9 Å². The molecule has 2 atom stereocenters. The van der Waals surface area contributed by atoms with E-state index in [9.17, 15) is 37.1 Å². The van der Waals surface area contributed by atoms with Crippen LogP contribution >= 0.6 is 11.6 Å². The lowest BCUT2D eigenvalue weighted by Crippen LogP contribution is -2.57. The van der Waals surface area contributed by atoms with Crippen molar-refractivity contribution in [3.63, 3.8) is 0 Å². The zero-order valence-electron chi connectivity index (χ0n) is 34.2. The first-order valence-electron chi connectivity index (χ1n) is 20.4. The number of nitrogens with two attached hydrogens (primary N) is 1. The van der Waals surface area contributed by atoms with Crippen LogP contribution in [0, 0.1) is 0 Å². The summed E-state index contributed by atoms with van der Waals surface area (Å²) in [5.41, 5.74) is 5.75. The van der Waals surface area contributed by atoms with Crippen molar-refractivity contribution < 1.29 is 46.6 Å². The number of halogens is 4. The highest BCUT2D eigenvalue weighted by Gasteiger charge is 2.39. The SMILES string of the molecule is CC(C(=O)OCC(=O)N(C)C)N1CCC(N2CCN(C(=O)C(Cc3cc(Cl)c(N)c(C(F)(F)F)c3)OC(=O)N3CCC(N4CCc5ccccc5NC4=O)CC3)CC2)CC1. The summed E-state index contributed by atoms with van der Waals surface area (Å²) in [5.74, 6) is -1.29. The Labute approximate surface area is 352 Å². The van der Waals surface area contributed by atoms with Crippen LogP contribution in [0.4, 0.5) is 34.1 Å². The number of ether oxygens (including phenoxy) is 2. The summed E-state index contributed by atoms with van der Waals surface area (Å²) in [4.78, 5) is 76.0. The van der Waals surface area contributed by atoms with Crippen molar-refractivity contribution in [2.24, 2.45) is 0 Å². The van der Waals surface area contributed by atoms with E-state index in [0.717, 1.165) is 30.2 Å². The van der Waals surface area contributed by atoms with Gasteiger partial charge in [0.1, 0.15) is 6.04 Å². The summed E-state index contributed by atoms with van der Waals surface area (Å²) < 4.78 is 52.9. The van der Waals surface area contributed by atoms with Crippen LogP contribution in [0.2, 0.25) is 5.02 Å². The van der Waals surface area contributed by atoms with E-state index in [0.29, 0.717) is 65.1 Å². The van der Waals surface area contributed by atoms with Crippen LogP contribution in [0.5, 0.6) is 0 Å². The van der Waals surface area contributed by atoms with Gasteiger partial charge in [0.2, 0.25) is 0 Å². The lowest BCUT2D eigenvalue weighted by atomic mass is 10.00. The van der Waals surface area contributed by atoms with Crippen LogP contribution in [-0.2, 0) is 42.9 Å². The molecule has 2 aromatic carbocycles. The molecular formula is C41H54ClF3N8O7. The Morgan fingerprint density at radius 1 is 0.917 bits per heavy atom. The molecule has 0 saturated carbocycles. The third-order valence-corrected chi connectivity index (χ3v) is 12.4. The van der Waals surface area contributed by atoms with Crippen LogP contribution in [0.25, 0.3) is 0 Å². The van der Waals surface area contributed by atoms with Gasteiger partial charge in [-0.2, -0.15) is 13.2 Å². The molecule has 2 unspecified atom stereocenters. The molecular weight excluding hydrogens is 809 g/mol. The zero-order chi connectivity index (χ0) is 43.3. The average Bonchev–Trinajstić information content (AvgIpc) is 3.40. The first-order valence-corrected chi connectivity index (χ1v) is 20.8. The number of esters is 1. The normalized spacial score (nSPS) is 19.8. The third-order valence-electron chi connectivity index (χ3n) is 12.1. The molecule has 4 aliphatic rings. The second-order valence-electron chi connectivity index (χ2n) is 16.1. The summed E-state index contributed by atoms with van der Waals surface area (Å²) in [6.45, 7) is 5.40. The predicted molar refractivity (Wildman–Crippen MR) is 217 cm³/mol. The number of piperazine rings is 1. The Morgan fingerprint density at radius 2 is 1.57 bits per heavy atom. The van der Waals surface area contributed by atoms with Crippen LogP contribution < -0.4 is 11.1 Å². The van der Waals surface area contributed by atoms with E-state index in [4.69, 9.17) is 26.8 Å². The monoisotopic (exact) mass is 862 g/mol. The molecule has 0 spiro atoms. The minimum Gasteiger partial charge on any atom is -0.454 e. The topological polar surface area (TPSA) is 161 Å². The lowest BCUT2D eigenvalue weighted by Gasteiger charge is -2.44. The summed E-state index contributed by atoms with van der Waals surface area (Å²) in [6.07, 6.45) is -4.22. The number of amides is 5. The quantitative estimate of drug-likeness (QED) is 0.262. The highest BCUT2D eigenvalue weighted by atomic mass is 35.5. The van der Waals surface area contributed by atoms with Gasteiger partial charge in [-0.15, -0.1) is 0 Å². The second kappa shape index (κ2) is 19.3. The van der Waals surface area contributed by atoms with E-state index in [-0.39, 0.29) is 60.7 Å². The fraction of sp³-hybridized carbons (Fsp3) is 0.585. The van der Waals surface area contributed by atoms with Crippen molar-refractivity contribution in [1.82, 2.24) is 29.4 Å². The number of para-hydroxylation sites is 1. The number of urea groups is 1. The van der Waals surface area contributed by atoms with Crippen molar-refractivity contribution in [2.75, 3.05) is 90.7 Å². The Balaban J connectivity index is 1.06. The Hall–Kier alpha value is -4.81. The molecule has 3 N–H and O–H groups in total. The second-order valence-corrected chi connectivity index (χ2v) is 16.5. The molecule has 19 heteroatoms. The Bertz CT molecular complexity index is 1900. The van der Waals surface area contributed by atoms with Crippen molar-refractivity contribution in [1.29, 1.82) is 0 Å². The molecule has 328 valence electrons. The molecule has 0 bridgehead atoms. The van der Waals surface area contributed by atoms with Crippen LogP contribution in [0.15, 0.2) is 36.4 Å². The largest absolute Gasteiger partial charge is 0.454 e. The van der Waals surface area contributed by atoms with Gasteiger partial charge >= 0.3 is 24.3 Å². The van der Waals surface area contributed by atoms with E-state index >= 15 is 0 Å². The van der Waals surface area contributed by atoms with Gasteiger partial charge in [-0.1, -0.05) is 29.8 Å². The minimum atomic E-state index is -4.81. The van der Waals surface area contributed by atoms with Gasteiger partial charge in [0.05, 0.1) is 16.3 Å². The maximum absolute atomic E-state index is 14.2. The molecule has 3 saturated heterocycles. The van der Waals surface area contributed by atoms with E-state index in [1.807, 2.05) is 29.2 Å². The first-order chi connectivity index (χ1) is 28.5. The van der Waals surface area contributed by atoms with Gasteiger partial charge in [0.25, 0.3) is 11.8 Å². The van der Waals surface area contributed by atoms with E-state index in [1.54, 1.807) is 30.8 Å². The predicted octanol–water partition coefficient (Wildman–Crippen LogP) is 4.17. The average molecular weight is 863 g/mol. The number of carbonyl (C=O) groups is 5. The number of rotatable bonds is 10. The van der Waals surface area contributed by atoms with Crippen LogP contribution in [0.1, 0.15) is 49.3 Å². The number of nitrogen functional groups attached to an aromatic ring is 1. The van der Waals surface area contributed by atoms with Gasteiger partial charge in [-0.25, -0.2) is 9.59 Å². The van der Waals surface area contributed by atoms with Crippen molar-refractivity contribution in [3.05, 3.63) is 58.1 Å². The molecule has 4 aliphatic heterocycles. The van der Waals surface area contributed by atoms with Gasteiger partial charge in [0.15, 0.2) is 12.7 Å².